The summed E-state index contributed by atoms with van der Waals surface area (Å²) in [7, 11) is 0. The second kappa shape index (κ2) is 7.27. The maximum atomic E-state index is 3.56. The minimum Gasteiger partial charge on any atom is -0.312 e. The van der Waals surface area contributed by atoms with Crippen LogP contribution >= 0.6 is 15.9 Å². The molecule has 3 heteroatoms. The molecule has 0 saturated carbocycles. The molecule has 1 aromatic rings. The second-order valence-electron chi connectivity index (χ2n) is 5.37. The zero-order chi connectivity index (χ0) is 12.8. The Kier molecular flexibility index (Phi) is 5.67. The van der Waals surface area contributed by atoms with E-state index in [2.05, 4.69) is 57.3 Å². The van der Waals surface area contributed by atoms with E-state index in [1.165, 1.54) is 38.0 Å². The van der Waals surface area contributed by atoms with Crippen LogP contribution in [0, 0.1) is 5.92 Å². The van der Waals surface area contributed by atoms with Crippen LogP contribution in [0.2, 0.25) is 0 Å². The van der Waals surface area contributed by atoms with E-state index in [-0.39, 0.29) is 0 Å². The molecule has 1 heterocycles. The molecule has 1 aromatic carbocycles. The Balaban J connectivity index is 1.65. The molecule has 0 aliphatic carbocycles. The first-order chi connectivity index (χ1) is 8.74. The normalized spacial score (nSPS) is 18.1. The van der Waals surface area contributed by atoms with Crippen LogP contribution in [0.3, 0.4) is 0 Å². The van der Waals surface area contributed by atoms with E-state index in [1.54, 1.807) is 0 Å². The third-order valence-electron chi connectivity index (χ3n) is 3.48. The van der Waals surface area contributed by atoms with Gasteiger partial charge < -0.3 is 10.2 Å². The highest BCUT2D eigenvalue weighted by atomic mass is 79.9. The molecule has 18 heavy (non-hydrogen) atoms. The highest BCUT2D eigenvalue weighted by Gasteiger charge is 2.14. The fraction of sp³-hybridized carbons (Fsp3) is 0.600. The van der Waals surface area contributed by atoms with E-state index in [9.17, 15) is 0 Å². The Hall–Kier alpha value is -0.380. The van der Waals surface area contributed by atoms with Crippen LogP contribution in [0.1, 0.15) is 25.3 Å². The Morgan fingerprint density at radius 1 is 1.33 bits per heavy atom. The van der Waals surface area contributed by atoms with Gasteiger partial charge in [-0.05, 0) is 56.1 Å². The largest absolute Gasteiger partial charge is 0.312 e. The van der Waals surface area contributed by atoms with Gasteiger partial charge in [-0.25, -0.2) is 0 Å². The average molecular weight is 311 g/mol. The fourth-order valence-corrected chi connectivity index (χ4v) is 3.03. The summed E-state index contributed by atoms with van der Waals surface area (Å²) in [6.45, 7) is 8.25. The van der Waals surface area contributed by atoms with Crippen molar-refractivity contribution >= 4 is 15.9 Å². The summed E-state index contributed by atoms with van der Waals surface area (Å²) in [5, 5.41) is 3.56. The zero-order valence-corrected chi connectivity index (χ0v) is 12.7. The first kappa shape index (κ1) is 14.0. The van der Waals surface area contributed by atoms with Gasteiger partial charge in [0, 0.05) is 17.6 Å². The van der Waals surface area contributed by atoms with E-state index in [4.69, 9.17) is 0 Å². The number of hydrogen-bond acceptors (Lipinski definition) is 2. The van der Waals surface area contributed by atoms with Crippen molar-refractivity contribution in [3.8, 4) is 0 Å². The predicted molar refractivity (Wildman–Crippen MR) is 80.7 cm³/mol. The van der Waals surface area contributed by atoms with Gasteiger partial charge in [-0.3, -0.25) is 0 Å². The molecule has 1 N–H and O–H groups in total. The molecule has 0 spiro atoms. The average Bonchev–Trinajstić information content (AvgIpc) is 2.82. The van der Waals surface area contributed by atoms with Gasteiger partial charge in [0.2, 0.25) is 0 Å². The van der Waals surface area contributed by atoms with Crippen molar-refractivity contribution in [1.82, 2.24) is 10.2 Å². The van der Waals surface area contributed by atoms with Crippen LogP contribution < -0.4 is 5.32 Å². The molecule has 0 bridgehead atoms. The van der Waals surface area contributed by atoms with Crippen LogP contribution in [0.4, 0.5) is 0 Å². The van der Waals surface area contributed by atoms with Crippen LogP contribution in [0.15, 0.2) is 28.7 Å². The van der Waals surface area contributed by atoms with E-state index in [0.717, 1.165) is 23.5 Å². The van der Waals surface area contributed by atoms with Crippen molar-refractivity contribution in [2.45, 2.75) is 26.3 Å². The Morgan fingerprint density at radius 3 is 2.83 bits per heavy atom. The topological polar surface area (TPSA) is 15.3 Å². The summed E-state index contributed by atoms with van der Waals surface area (Å²) < 4.78 is 1.16. The van der Waals surface area contributed by atoms with Gasteiger partial charge in [0.05, 0.1) is 0 Å². The van der Waals surface area contributed by atoms with Gasteiger partial charge in [0.25, 0.3) is 0 Å². The second-order valence-corrected chi connectivity index (χ2v) is 6.29. The number of halogens is 1. The Labute approximate surface area is 119 Å². The number of benzene rings is 1. The molecule has 0 amide bonds. The summed E-state index contributed by atoms with van der Waals surface area (Å²) in [5.74, 6) is 0.732. The van der Waals surface area contributed by atoms with E-state index in [1.807, 2.05) is 0 Å². The Bertz CT molecular complexity index is 361. The highest BCUT2D eigenvalue weighted by molar-refractivity contribution is 9.10. The van der Waals surface area contributed by atoms with E-state index in [0.29, 0.717) is 0 Å². The van der Waals surface area contributed by atoms with Crippen molar-refractivity contribution in [2.24, 2.45) is 5.92 Å². The van der Waals surface area contributed by atoms with Crippen molar-refractivity contribution in [2.75, 3.05) is 26.2 Å². The first-order valence-electron chi connectivity index (χ1n) is 6.91. The van der Waals surface area contributed by atoms with Gasteiger partial charge in [-0.15, -0.1) is 0 Å². The molecular weight excluding hydrogens is 288 g/mol. The minimum atomic E-state index is 0.732. The molecule has 1 fully saturated rings. The number of rotatable bonds is 6. The molecule has 0 radical (unpaired) electrons. The first-order valence-corrected chi connectivity index (χ1v) is 7.71. The predicted octanol–water partition coefficient (Wildman–Crippen LogP) is 3.27. The molecular formula is C15H23BrN2. The van der Waals surface area contributed by atoms with Crippen LogP contribution in [0.5, 0.6) is 0 Å². The lowest BCUT2D eigenvalue weighted by atomic mass is 10.1. The molecule has 1 atom stereocenters. The quantitative estimate of drug-likeness (QED) is 0.867. The van der Waals surface area contributed by atoms with Gasteiger partial charge in [0.1, 0.15) is 0 Å². The lowest BCUT2D eigenvalue weighted by Crippen LogP contribution is -2.31. The van der Waals surface area contributed by atoms with Crippen LogP contribution in [0.25, 0.3) is 0 Å². The fourth-order valence-electron chi connectivity index (χ4n) is 2.58. The Morgan fingerprint density at radius 2 is 2.11 bits per heavy atom. The van der Waals surface area contributed by atoms with Gasteiger partial charge in [0.15, 0.2) is 0 Å². The standard InChI is InChI=1S/C15H23BrN2/c1-13(12-18-7-2-3-8-18)10-17-11-14-5-4-6-15(16)9-14/h4-6,9,13,17H,2-3,7-8,10-12H2,1H3. The summed E-state index contributed by atoms with van der Waals surface area (Å²) in [5.41, 5.74) is 1.35. The maximum absolute atomic E-state index is 3.56. The number of likely N-dealkylation sites (tertiary alicyclic amines) is 1. The summed E-state index contributed by atoms with van der Waals surface area (Å²) >= 11 is 3.51. The highest BCUT2D eigenvalue weighted by Crippen LogP contribution is 2.12. The van der Waals surface area contributed by atoms with Crippen molar-refractivity contribution < 1.29 is 0 Å². The van der Waals surface area contributed by atoms with Crippen molar-refractivity contribution in [1.29, 1.82) is 0 Å². The molecule has 1 aliphatic rings. The third kappa shape index (κ3) is 4.71. The summed E-state index contributed by atoms with van der Waals surface area (Å²) in [4.78, 5) is 2.59. The van der Waals surface area contributed by atoms with Crippen LogP contribution in [-0.2, 0) is 6.54 Å². The van der Waals surface area contributed by atoms with Crippen molar-refractivity contribution in [3.05, 3.63) is 34.3 Å². The number of nitrogens with zero attached hydrogens (tertiary/aromatic N) is 1. The smallest absolute Gasteiger partial charge is 0.0206 e. The summed E-state index contributed by atoms with van der Waals surface area (Å²) in [6, 6.07) is 8.51. The van der Waals surface area contributed by atoms with Crippen LogP contribution in [-0.4, -0.2) is 31.1 Å². The molecule has 2 nitrogen and oxygen atoms in total. The number of hydrogen-bond donors (Lipinski definition) is 1. The molecule has 1 unspecified atom stereocenters. The SMILES string of the molecule is CC(CNCc1cccc(Br)c1)CN1CCCC1. The van der Waals surface area contributed by atoms with Gasteiger partial charge in [-0.2, -0.15) is 0 Å². The zero-order valence-electron chi connectivity index (χ0n) is 11.2. The molecule has 1 saturated heterocycles. The van der Waals surface area contributed by atoms with Gasteiger partial charge in [-0.1, -0.05) is 35.0 Å². The lowest BCUT2D eigenvalue weighted by Gasteiger charge is -2.20. The molecule has 1 aliphatic heterocycles. The minimum absolute atomic E-state index is 0.732. The maximum Gasteiger partial charge on any atom is 0.0206 e. The molecule has 100 valence electrons. The monoisotopic (exact) mass is 310 g/mol. The van der Waals surface area contributed by atoms with E-state index < -0.39 is 0 Å². The third-order valence-corrected chi connectivity index (χ3v) is 3.97. The number of nitrogens with one attached hydrogen (secondary N) is 1. The lowest BCUT2D eigenvalue weighted by molar-refractivity contribution is 0.282. The molecule has 2 rings (SSSR count). The van der Waals surface area contributed by atoms with Crippen molar-refractivity contribution in [3.63, 3.8) is 0 Å². The van der Waals surface area contributed by atoms with E-state index >= 15 is 0 Å². The summed E-state index contributed by atoms with van der Waals surface area (Å²) in [6.07, 6.45) is 2.77. The van der Waals surface area contributed by atoms with Gasteiger partial charge >= 0.3 is 0 Å². The molecule has 0 aromatic heterocycles.